The Balaban J connectivity index is 4.37. The van der Waals surface area contributed by atoms with E-state index >= 15 is 0 Å². The van der Waals surface area contributed by atoms with Gasteiger partial charge in [-0.15, -0.1) is 11.6 Å². The fraction of sp³-hybridized carbons (Fsp3) is 0.889. The van der Waals surface area contributed by atoms with E-state index in [0.29, 0.717) is 25.9 Å². The molecule has 0 amide bonds. The molecule has 1 atom stereocenters. The summed E-state index contributed by atoms with van der Waals surface area (Å²) in [4.78, 5) is 0. The van der Waals surface area contributed by atoms with Crippen LogP contribution in [-0.4, -0.2) is 34.0 Å². The second-order valence-electron chi connectivity index (χ2n) is 2.78. The molecule has 0 bridgehead atoms. The van der Waals surface area contributed by atoms with Crippen LogP contribution >= 0.6 is 11.6 Å². The molecule has 0 aromatic rings. The summed E-state index contributed by atoms with van der Waals surface area (Å²) in [6, 6.07) is 0.560. The highest BCUT2D eigenvalue weighted by atomic mass is 35.5. The van der Waals surface area contributed by atoms with Crippen molar-refractivity contribution < 1.29 is 13.3 Å². The zero-order chi connectivity index (χ0) is 11.0. The highest BCUT2D eigenvalue weighted by molar-refractivity contribution is 6.61. The molecule has 0 heterocycles. The predicted octanol–water partition coefficient (Wildman–Crippen LogP) is 2.48. The molecule has 14 heavy (non-hydrogen) atoms. The van der Waals surface area contributed by atoms with Crippen LogP contribution in [0.25, 0.3) is 0 Å². The van der Waals surface area contributed by atoms with Gasteiger partial charge in [-0.05, 0) is 27.7 Å². The largest absolute Gasteiger partial charge is 0.502 e. The molecular weight excluding hydrogens is 220 g/mol. The SMILES string of the molecule is [CH2]C(Cl)C[Si](OCC)(OCC)OCC. The van der Waals surface area contributed by atoms with Crippen LogP contribution in [0.1, 0.15) is 20.8 Å². The number of alkyl halides is 1. The van der Waals surface area contributed by atoms with Crippen LogP contribution in [0.5, 0.6) is 0 Å². The van der Waals surface area contributed by atoms with Crippen molar-refractivity contribution in [2.75, 3.05) is 19.8 Å². The van der Waals surface area contributed by atoms with E-state index in [0.717, 1.165) is 0 Å². The van der Waals surface area contributed by atoms with Crippen LogP contribution in [-0.2, 0) is 13.3 Å². The predicted molar refractivity (Wildman–Crippen MR) is 60.4 cm³/mol. The van der Waals surface area contributed by atoms with Gasteiger partial charge in [0.2, 0.25) is 0 Å². The maximum atomic E-state index is 5.85. The molecule has 0 aromatic heterocycles. The molecule has 0 N–H and O–H groups in total. The van der Waals surface area contributed by atoms with Crippen LogP contribution in [0.15, 0.2) is 0 Å². The fourth-order valence-electron chi connectivity index (χ4n) is 1.23. The van der Waals surface area contributed by atoms with E-state index < -0.39 is 8.80 Å². The van der Waals surface area contributed by atoms with Crippen molar-refractivity contribution in [1.29, 1.82) is 0 Å². The molecule has 1 unspecified atom stereocenters. The van der Waals surface area contributed by atoms with Crippen molar-refractivity contribution >= 4 is 20.4 Å². The smallest absolute Gasteiger partial charge is 0.374 e. The summed E-state index contributed by atoms with van der Waals surface area (Å²) in [6.45, 7) is 11.2. The van der Waals surface area contributed by atoms with Gasteiger partial charge in [0.25, 0.3) is 0 Å². The Morgan fingerprint density at radius 3 is 1.64 bits per heavy atom. The second kappa shape index (κ2) is 7.65. The Kier molecular flexibility index (Phi) is 7.86. The first-order valence-corrected chi connectivity index (χ1v) is 7.36. The Morgan fingerprint density at radius 2 is 1.43 bits per heavy atom. The highest BCUT2D eigenvalue weighted by Crippen LogP contribution is 2.20. The van der Waals surface area contributed by atoms with Crippen molar-refractivity contribution in [3.8, 4) is 0 Å². The minimum Gasteiger partial charge on any atom is -0.374 e. The van der Waals surface area contributed by atoms with E-state index in [4.69, 9.17) is 24.9 Å². The Bertz CT molecular complexity index is 127. The molecule has 0 aliphatic heterocycles. The zero-order valence-corrected chi connectivity index (χ0v) is 11.0. The van der Waals surface area contributed by atoms with Gasteiger partial charge in [0.05, 0.1) is 0 Å². The van der Waals surface area contributed by atoms with Crippen molar-refractivity contribution in [3.05, 3.63) is 6.92 Å². The van der Waals surface area contributed by atoms with Crippen LogP contribution in [0.3, 0.4) is 0 Å². The van der Waals surface area contributed by atoms with Crippen molar-refractivity contribution in [3.63, 3.8) is 0 Å². The van der Waals surface area contributed by atoms with Gasteiger partial charge >= 0.3 is 8.80 Å². The van der Waals surface area contributed by atoms with Crippen molar-refractivity contribution in [1.82, 2.24) is 0 Å². The molecule has 3 nitrogen and oxygen atoms in total. The van der Waals surface area contributed by atoms with E-state index in [1.54, 1.807) is 0 Å². The molecule has 0 aliphatic carbocycles. The summed E-state index contributed by atoms with van der Waals surface area (Å²) in [6.07, 6.45) is 0. The lowest BCUT2D eigenvalue weighted by Crippen LogP contribution is -2.47. The molecule has 85 valence electrons. The molecule has 0 rings (SSSR count). The minimum atomic E-state index is -2.55. The maximum Gasteiger partial charge on any atom is 0.502 e. The Morgan fingerprint density at radius 1 is 1.07 bits per heavy atom. The topological polar surface area (TPSA) is 27.7 Å². The molecule has 0 aliphatic rings. The average Bonchev–Trinajstić information content (AvgIpc) is 2.03. The van der Waals surface area contributed by atoms with Gasteiger partial charge in [-0.2, -0.15) is 0 Å². The third kappa shape index (κ3) is 5.31. The molecular formula is C9H20ClO3Si. The monoisotopic (exact) mass is 239 g/mol. The van der Waals surface area contributed by atoms with Crippen LogP contribution in [0.2, 0.25) is 6.04 Å². The zero-order valence-electron chi connectivity index (χ0n) is 9.22. The summed E-state index contributed by atoms with van der Waals surface area (Å²) >= 11 is 5.85. The lowest BCUT2D eigenvalue weighted by atomic mass is 10.6. The van der Waals surface area contributed by atoms with E-state index in [1.165, 1.54) is 0 Å². The van der Waals surface area contributed by atoms with Gasteiger partial charge in [-0.25, -0.2) is 0 Å². The van der Waals surface area contributed by atoms with E-state index in [-0.39, 0.29) is 5.38 Å². The van der Waals surface area contributed by atoms with Gasteiger partial charge < -0.3 is 13.3 Å². The van der Waals surface area contributed by atoms with Crippen molar-refractivity contribution in [2.45, 2.75) is 32.2 Å². The van der Waals surface area contributed by atoms with E-state index in [9.17, 15) is 0 Å². The lowest BCUT2D eigenvalue weighted by Gasteiger charge is -2.29. The molecule has 1 radical (unpaired) electrons. The van der Waals surface area contributed by atoms with Gasteiger partial charge in [0.1, 0.15) is 0 Å². The summed E-state index contributed by atoms with van der Waals surface area (Å²) in [5.74, 6) is 0. The van der Waals surface area contributed by atoms with Gasteiger partial charge in [0.15, 0.2) is 0 Å². The summed E-state index contributed by atoms with van der Waals surface area (Å²) in [5.41, 5.74) is 0. The lowest BCUT2D eigenvalue weighted by molar-refractivity contribution is 0.0718. The number of halogens is 1. The number of hydrogen-bond donors (Lipinski definition) is 0. The molecule has 0 saturated heterocycles. The first kappa shape index (κ1) is 14.4. The molecule has 0 aromatic carbocycles. The van der Waals surface area contributed by atoms with Gasteiger partial charge in [-0.1, -0.05) is 0 Å². The minimum absolute atomic E-state index is 0.230. The third-order valence-corrected chi connectivity index (χ3v) is 5.16. The van der Waals surface area contributed by atoms with E-state index in [1.807, 2.05) is 20.8 Å². The normalized spacial score (nSPS) is 14.4. The second-order valence-corrected chi connectivity index (χ2v) is 6.04. The molecule has 5 heteroatoms. The fourth-order valence-corrected chi connectivity index (χ4v) is 4.27. The molecule has 0 saturated carbocycles. The van der Waals surface area contributed by atoms with Gasteiger partial charge in [0, 0.05) is 31.2 Å². The first-order valence-electron chi connectivity index (χ1n) is 4.99. The summed E-state index contributed by atoms with van der Waals surface area (Å²) in [5, 5.41) is -0.230. The third-order valence-electron chi connectivity index (χ3n) is 1.56. The van der Waals surface area contributed by atoms with Crippen molar-refractivity contribution in [2.24, 2.45) is 0 Å². The maximum absolute atomic E-state index is 5.85. The van der Waals surface area contributed by atoms with Crippen LogP contribution < -0.4 is 0 Å². The molecule has 0 fully saturated rings. The number of rotatable bonds is 8. The number of hydrogen-bond acceptors (Lipinski definition) is 3. The Labute approximate surface area is 93.1 Å². The molecule has 0 spiro atoms. The quantitative estimate of drug-likeness (QED) is 0.481. The van der Waals surface area contributed by atoms with Gasteiger partial charge in [-0.3, -0.25) is 0 Å². The standard InChI is InChI=1S/C9H20ClO3Si/c1-5-11-14(12-6-2,13-7-3)8-9(4)10/h9H,4-8H2,1-3H3. The van der Waals surface area contributed by atoms with E-state index in [2.05, 4.69) is 6.92 Å². The highest BCUT2D eigenvalue weighted by Gasteiger charge is 2.41. The summed E-state index contributed by atoms with van der Waals surface area (Å²) < 4.78 is 16.8. The average molecular weight is 240 g/mol. The van der Waals surface area contributed by atoms with Crippen LogP contribution in [0, 0.1) is 6.92 Å². The van der Waals surface area contributed by atoms with Crippen LogP contribution in [0.4, 0.5) is 0 Å². The first-order chi connectivity index (χ1) is 6.60. The summed E-state index contributed by atoms with van der Waals surface area (Å²) in [7, 11) is -2.55. The Hall–Kier alpha value is 0.387.